The normalized spacial score (nSPS) is 40.6. The molecule has 3 heterocycles. The first-order valence-corrected chi connectivity index (χ1v) is 6.65. The Morgan fingerprint density at radius 1 is 1.38 bits per heavy atom. The topological polar surface area (TPSA) is 32.3 Å². The third-order valence-electron chi connectivity index (χ3n) is 4.78. The van der Waals surface area contributed by atoms with Crippen molar-refractivity contribution in [3.63, 3.8) is 0 Å². The van der Waals surface area contributed by atoms with E-state index in [0.29, 0.717) is 18.0 Å². The molecule has 1 amide bonds. The van der Waals surface area contributed by atoms with Crippen molar-refractivity contribution in [2.45, 2.75) is 63.6 Å². The van der Waals surface area contributed by atoms with E-state index in [1.807, 2.05) is 0 Å². The van der Waals surface area contributed by atoms with E-state index in [1.165, 1.54) is 19.3 Å². The lowest BCUT2D eigenvalue weighted by atomic mass is 9.87. The second-order valence-corrected chi connectivity index (χ2v) is 6.30. The summed E-state index contributed by atoms with van der Waals surface area (Å²) in [6, 6.07) is 1.11. The molecule has 0 aromatic heterocycles. The van der Waals surface area contributed by atoms with Crippen molar-refractivity contribution in [1.29, 1.82) is 0 Å². The number of hydrogen-bond donors (Lipinski definition) is 1. The Hall–Kier alpha value is -0.570. The molecule has 0 aromatic carbocycles. The summed E-state index contributed by atoms with van der Waals surface area (Å²) in [4.78, 5) is 14.7. The van der Waals surface area contributed by atoms with Crippen LogP contribution in [0.4, 0.5) is 0 Å². The largest absolute Gasteiger partial charge is 0.337 e. The highest BCUT2D eigenvalue weighted by Gasteiger charge is 2.47. The second-order valence-electron chi connectivity index (χ2n) is 6.30. The Labute approximate surface area is 97.6 Å². The summed E-state index contributed by atoms with van der Waals surface area (Å²) in [5.74, 6) is 0.693. The van der Waals surface area contributed by atoms with Gasteiger partial charge in [0.1, 0.15) is 0 Å². The summed E-state index contributed by atoms with van der Waals surface area (Å²) < 4.78 is 0. The molecule has 1 N–H and O–H groups in total. The second kappa shape index (κ2) is 3.46. The Morgan fingerprint density at radius 2 is 2.19 bits per heavy atom. The van der Waals surface area contributed by atoms with Crippen LogP contribution in [0.25, 0.3) is 0 Å². The molecule has 3 aliphatic heterocycles. The van der Waals surface area contributed by atoms with Crippen LogP contribution >= 0.6 is 0 Å². The van der Waals surface area contributed by atoms with Crippen molar-refractivity contribution >= 4 is 5.91 Å². The zero-order valence-electron chi connectivity index (χ0n) is 10.3. The maximum Gasteiger partial charge on any atom is 0.227 e. The maximum atomic E-state index is 12.5. The first-order chi connectivity index (χ1) is 7.58. The van der Waals surface area contributed by atoms with Gasteiger partial charge in [-0.05, 0) is 46.0 Å². The third kappa shape index (κ3) is 1.48. The van der Waals surface area contributed by atoms with Gasteiger partial charge in [0, 0.05) is 24.2 Å². The number of carbonyl (C=O) groups is 1. The first-order valence-electron chi connectivity index (χ1n) is 6.65. The average molecular weight is 222 g/mol. The molecular formula is C13H22N2O. The molecule has 3 rings (SSSR count). The van der Waals surface area contributed by atoms with E-state index in [9.17, 15) is 4.79 Å². The van der Waals surface area contributed by atoms with E-state index in [-0.39, 0.29) is 11.5 Å². The SMILES string of the molecule is CC1(C)CCCN1C(=O)C1CC2CCC1N2. The van der Waals surface area contributed by atoms with E-state index >= 15 is 0 Å². The Kier molecular flexibility index (Phi) is 2.29. The molecular weight excluding hydrogens is 200 g/mol. The summed E-state index contributed by atoms with van der Waals surface area (Å²) in [6.45, 7) is 5.39. The Morgan fingerprint density at radius 3 is 2.69 bits per heavy atom. The van der Waals surface area contributed by atoms with Crippen LogP contribution in [0.3, 0.4) is 0 Å². The Bertz CT molecular complexity index is 313. The molecule has 3 saturated heterocycles. The molecule has 3 nitrogen and oxygen atoms in total. The molecule has 0 spiro atoms. The highest BCUT2D eigenvalue weighted by molar-refractivity contribution is 5.81. The lowest BCUT2D eigenvalue weighted by Crippen LogP contribution is -2.48. The van der Waals surface area contributed by atoms with Gasteiger partial charge < -0.3 is 10.2 Å². The van der Waals surface area contributed by atoms with E-state index in [2.05, 4.69) is 24.1 Å². The van der Waals surface area contributed by atoms with Crippen molar-refractivity contribution in [1.82, 2.24) is 10.2 Å². The van der Waals surface area contributed by atoms with Crippen LogP contribution in [0.15, 0.2) is 0 Å². The van der Waals surface area contributed by atoms with Crippen LogP contribution < -0.4 is 5.32 Å². The van der Waals surface area contributed by atoms with Gasteiger partial charge in [0.15, 0.2) is 0 Å². The summed E-state index contributed by atoms with van der Waals surface area (Å²) in [7, 11) is 0. The quantitative estimate of drug-likeness (QED) is 0.729. The van der Waals surface area contributed by atoms with Gasteiger partial charge in [0.05, 0.1) is 5.92 Å². The number of amides is 1. The summed E-state index contributed by atoms with van der Waals surface area (Å²) >= 11 is 0. The van der Waals surface area contributed by atoms with Gasteiger partial charge in [-0.2, -0.15) is 0 Å². The number of rotatable bonds is 1. The molecule has 2 bridgehead atoms. The fourth-order valence-corrected chi connectivity index (χ4v) is 3.81. The molecule has 16 heavy (non-hydrogen) atoms. The lowest BCUT2D eigenvalue weighted by molar-refractivity contribution is -0.139. The van der Waals surface area contributed by atoms with Crippen LogP contribution in [-0.4, -0.2) is 35.0 Å². The number of carbonyl (C=O) groups excluding carboxylic acids is 1. The zero-order chi connectivity index (χ0) is 11.3. The molecule has 0 radical (unpaired) electrons. The Balaban J connectivity index is 1.74. The highest BCUT2D eigenvalue weighted by atomic mass is 16.2. The van der Waals surface area contributed by atoms with Gasteiger partial charge >= 0.3 is 0 Å². The molecule has 0 saturated carbocycles. The number of nitrogens with zero attached hydrogens (tertiary/aromatic N) is 1. The smallest absolute Gasteiger partial charge is 0.227 e. The maximum absolute atomic E-state index is 12.5. The number of nitrogens with one attached hydrogen (secondary N) is 1. The average Bonchev–Trinajstić information content (AvgIpc) is 2.90. The molecule has 0 aliphatic carbocycles. The molecule has 3 fully saturated rings. The summed E-state index contributed by atoms with van der Waals surface area (Å²) in [6.07, 6.45) is 5.89. The van der Waals surface area contributed by atoms with Gasteiger partial charge in [0.2, 0.25) is 5.91 Å². The molecule has 3 atom stereocenters. The minimum Gasteiger partial charge on any atom is -0.337 e. The van der Waals surface area contributed by atoms with Gasteiger partial charge in [-0.15, -0.1) is 0 Å². The first kappa shape index (κ1) is 10.6. The van der Waals surface area contributed by atoms with Crippen molar-refractivity contribution in [2.75, 3.05) is 6.54 Å². The summed E-state index contributed by atoms with van der Waals surface area (Å²) in [5.41, 5.74) is 0.0961. The standard InChI is InChI=1S/C13H22N2O/c1-13(2)6-3-7-15(13)12(16)10-8-9-4-5-11(10)14-9/h9-11,14H,3-8H2,1-2H3. The van der Waals surface area contributed by atoms with Gasteiger partial charge in [-0.25, -0.2) is 0 Å². The van der Waals surface area contributed by atoms with Gasteiger partial charge in [-0.1, -0.05) is 0 Å². The van der Waals surface area contributed by atoms with Crippen LogP contribution in [0.5, 0.6) is 0 Å². The van der Waals surface area contributed by atoms with Crippen molar-refractivity contribution in [3.8, 4) is 0 Å². The van der Waals surface area contributed by atoms with E-state index in [4.69, 9.17) is 0 Å². The van der Waals surface area contributed by atoms with Crippen LogP contribution in [0, 0.1) is 5.92 Å². The number of fused-ring (bicyclic) bond motifs is 2. The summed E-state index contributed by atoms with van der Waals surface area (Å²) in [5, 5.41) is 3.56. The molecule has 90 valence electrons. The van der Waals surface area contributed by atoms with E-state index in [1.54, 1.807) is 0 Å². The zero-order valence-corrected chi connectivity index (χ0v) is 10.3. The fourth-order valence-electron chi connectivity index (χ4n) is 3.81. The third-order valence-corrected chi connectivity index (χ3v) is 4.78. The van der Waals surface area contributed by atoms with Crippen LogP contribution in [0.2, 0.25) is 0 Å². The van der Waals surface area contributed by atoms with E-state index in [0.717, 1.165) is 19.4 Å². The predicted molar refractivity (Wildman–Crippen MR) is 63.1 cm³/mol. The van der Waals surface area contributed by atoms with Crippen molar-refractivity contribution in [3.05, 3.63) is 0 Å². The molecule has 3 unspecified atom stereocenters. The minimum absolute atomic E-state index is 0.0961. The highest BCUT2D eigenvalue weighted by Crippen LogP contribution is 2.37. The fraction of sp³-hybridized carbons (Fsp3) is 0.923. The van der Waals surface area contributed by atoms with Crippen molar-refractivity contribution in [2.24, 2.45) is 5.92 Å². The lowest BCUT2D eigenvalue weighted by Gasteiger charge is -2.35. The van der Waals surface area contributed by atoms with Crippen LogP contribution in [-0.2, 0) is 4.79 Å². The van der Waals surface area contributed by atoms with Crippen LogP contribution in [0.1, 0.15) is 46.0 Å². The predicted octanol–water partition coefficient (Wildman–Crippen LogP) is 1.53. The minimum atomic E-state index is 0.0961. The number of hydrogen-bond acceptors (Lipinski definition) is 2. The molecule has 3 heteroatoms. The van der Waals surface area contributed by atoms with E-state index < -0.39 is 0 Å². The number of likely N-dealkylation sites (tertiary alicyclic amines) is 1. The monoisotopic (exact) mass is 222 g/mol. The van der Waals surface area contributed by atoms with Gasteiger partial charge in [0.25, 0.3) is 0 Å². The van der Waals surface area contributed by atoms with Gasteiger partial charge in [-0.3, -0.25) is 4.79 Å². The van der Waals surface area contributed by atoms with Crippen molar-refractivity contribution < 1.29 is 4.79 Å². The molecule has 0 aromatic rings. The molecule has 3 aliphatic rings.